The third-order valence-electron chi connectivity index (χ3n) is 22.7. The lowest BCUT2D eigenvalue weighted by Gasteiger charge is -2.27. The number of aliphatic hydroxyl groups is 3. The number of H-pyrrole nitrogens is 1. The van der Waals surface area contributed by atoms with E-state index in [1.807, 2.05) is 48.8 Å². The smallest absolute Gasteiger partial charge is 0.278 e. The van der Waals surface area contributed by atoms with E-state index in [2.05, 4.69) is 128 Å². The summed E-state index contributed by atoms with van der Waals surface area (Å²) in [5, 5.41) is 51.6. The number of anilines is 6. The van der Waals surface area contributed by atoms with Crippen LogP contribution in [0.1, 0.15) is 194 Å². The minimum absolute atomic E-state index is 0.186. The fourth-order valence-electron chi connectivity index (χ4n) is 16.2. The maximum Gasteiger partial charge on any atom is 0.278 e. The second-order valence-corrected chi connectivity index (χ2v) is 32.4. The molecule has 0 aliphatic heterocycles. The van der Waals surface area contributed by atoms with Crippen LogP contribution in [0.2, 0.25) is 0 Å². The van der Waals surface area contributed by atoms with Crippen LogP contribution in [0.25, 0.3) is 50.6 Å². The largest absolute Gasteiger partial charge is 0.449 e. The second-order valence-electron chi connectivity index (χ2n) is 32.4. The summed E-state index contributed by atoms with van der Waals surface area (Å²) >= 11 is 0. The summed E-state index contributed by atoms with van der Waals surface area (Å²) in [5.74, 6) is 7.05. The molecular formula is C91H98N22O7. The van der Waals surface area contributed by atoms with Gasteiger partial charge in [-0.1, -0.05) is 72.8 Å². The summed E-state index contributed by atoms with van der Waals surface area (Å²) < 4.78 is 15.0. The molecule has 0 unspecified atom stereocenters. The molecule has 0 amide bonds. The first-order valence-electron chi connectivity index (χ1n) is 40.7. The Labute approximate surface area is 692 Å². The molecule has 614 valence electrons. The summed E-state index contributed by atoms with van der Waals surface area (Å²) in [6.07, 6.45) is 29.5. The van der Waals surface area contributed by atoms with Gasteiger partial charge in [-0.25, -0.2) is 68.0 Å². The van der Waals surface area contributed by atoms with Crippen LogP contribution in [0.15, 0.2) is 228 Å². The number of rotatable bonds is 23. The number of aromatic nitrogens is 18. The number of nitrogens with one attached hydrogen (secondary N) is 4. The zero-order valence-corrected chi connectivity index (χ0v) is 68.1. The highest BCUT2D eigenvalue weighted by atomic mass is 16.3. The van der Waals surface area contributed by atoms with Crippen molar-refractivity contribution < 1.29 is 19.7 Å². The van der Waals surface area contributed by atoms with Gasteiger partial charge in [0.15, 0.2) is 40.3 Å². The Kier molecular flexibility index (Phi) is 23.8. The van der Waals surface area contributed by atoms with Crippen molar-refractivity contribution in [2.45, 2.75) is 185 Å². The number of hydrogen-bond acceptors (Lipinski definition) is 22. The number of nitriles is 1. The number of oxazole rings is 1. The first kappa shape index (κ1) is 81.7. The van der Waals surface area contributed by atoms with Crippen LogP contribution >= 0.6 is 0 Å². The fraction of sp³-hybridized carbons (Fsp3) is 0.330. The number of nitrogens with zero attached hydrogens (tertiary/aromatic N) is 18. The molecule has 29 heteroatoms. The van der Waals surface area contributed by atoms with Crippen molar-refractivity contribution in [3.05, 3.63) is 285 Å². The highest BCUT2D eigenvalue weighted by Crippen LogP contribution is 2.43. The van der Waals surface area contributed by atoms with Gasteiger partial charge in [-0.05, 0) is 226 Å². The molecule has 0 bridgehead atoms. The first-order chi connectivity index (χ1) is 57.9. The summed E-state index contributed by atoms with van der Waals surface area (Å²) in [6, 6.07) is 43.4. The van der Waals surface area contributed by atoms with Crippen LogP contribution in [0.5, 0.6) is 0 Å². The van der Waals surface area contributed by atoms with E-state index in [4.69, 9.17) is 19.6 Å². The van der Waals surface area contributed by atoms with Crippen molar-refractivity contribution in [1.29, 1.82) is 5.26 Å². The molecule has 11 aromatic heterocycles. The van der Waals surface area contributed by atoms with Gasteiger partial charge >= 0.3 is 0 Å². The number of allylic oxidation sites excluding steroid dienone is 3. The molecule has 3 fully saturated rings. The van der Waals surface area contributed by atoms with Gasteiger partial charge in [0.2, 0.25) is 17.8 Å². The predicted molar refractivity (Wildman–Crippen MR) is 462 cm³/mol. The molecule has 3 aliphatic rings. The second kappa shape index (κ2) is 35.0. The van der Waals surface area contributed by atoms with Crippen LogP contribution < -0.4 is 32.6 Å². The van der Waals surface area contributed by atoms with E-state index < -0.39 is 16.8 Å². The minimum Gasteiger partial charge on any atom is -0.449 e. The third-order valence-corrected chi connectivity index (χ3v) is 22.7. The quantitative estimate of drug-likeness (QED) is 0.0292. The van der Waals surface area contributed by atoms with Gasteiger partial charge in [-0.2, -0.15) is 20.2 Å². The van der Waals surface area contributed by atoms with Gasteiger partial charge in [-0.3, -0.25) is 14.4 Å². The summed E-state index contributed by atoms with van der Waals surface area (Å²) in [7, 11) is 0. The lowest BCUT2D eigenvalue weighted by Crippen LogP contribution is -2.23. The summed E-state index contributed by atoms with van der Waals surface area (Å²) in [5.41, 5.74) is 4.95. The maximum atomic E-state index is 13.3. The van der Waals surface area contributed by atoms with Crippen molar-refractivity contribution in [3.63, 3.8) is 0 Å². The molecule has 3 saturated carbocycles. The monoisotopic (exact) mass is 1610 g/mol. The molecule has 0 saturated heterocycles. The summed E-state index contributed by atoms with van der Waals surface area (Å²) in [4.78, 5) is 93.0. The zero-order valence-electron chi connectivity index (χ0n) is 68.1. The standard InChI is InChI=1S/C31H34N8O2.C31H33N7O3.C29H31N7O2/c1-4-18-38-29(40)24-19-34-30(37-28(24)39(38)26-7-5-6-25(36-26)31(2,3)41)35-23-14-12-21(13-15-23)20-8-10-22(11-9-20)27-32-16-17-33-27;1-4-17-37-29(39)24-19-33-30(36-27(24)38(37)26-7-5-6-25(35-26)31(2,3)40)34-23-14-12-21(13-15-23)20-8-10-22(11-9-20)28-32-16-18-41-28;1-4-16-35-27(37)23-18-31-28(34-26(23)36(35)25-7-5-6-24(33-25)29(2,3)38)32-22-14-12-21(13-15-22)20-10-8-19(17-30)9-11-20/h4-7,12-17,19-20,22,41H,1,8-11,18H2,2-3H3,(H,32,33)(H,34,35,37);4-7,12-16,18-20,22,40H,1,8-11,17H2,2-3H3,(H,33,34,36);4-7,12-15,18-20,38H,1,8-11,16H2,2-3H3,(H,31,32,34). The van der Waals surface area contributed by atoms with Crippen molar-refractivity contribution in [3.8, 4) is 23.5 Å². The lowest BCUT2D eigenvalue weighted by molar-refractivity contribution is 0.0733. The van der Waals surface area contributed by atoms with Gasteiger partial charge in [0.25, 0.3) is 16.7 Å². The number of hydrogen-bond donors (Lipinski definition) is 7. The van der Waals surface area contributed by atoms with E-state index in [0.717, 1.165) is 106 Å². The van der Waals surface area contributed by atoms with E-state index in [1.54, 1.807) is 141 Å². The Bertz CT molecular complexity index is 5950. The number of fused-ring (bicyclic) bond motifs is 3. The van der Waals surface area contributed by atoms with E-state index in [1.165, 1.54) is 49.3 Å². The molecule has 120 heavy (non-hydrogen) atoms. The molecule has 7 N–H and O–H groups in total. The van der Waals surface area contributed by atoms with Crippen LogP contribution in [0.4, 0.5) is 34.9 Å². The SMILES string of the molecule is C=CCn1c(=O)c2cnc(Nc3ccc(C4CCC(C#N)CC4)cc3)nc2n1-c1cccc(C(C)(C)O)n1.C=CCn1c(=O)c2cnc(Nc3ccc(C4CCC(c5ncc[nH]5)CC4)cc3)nc2n1-c1cccc(C(C)(C)O)n1.C=CCn1c(=O)c2cnc(Nc3ccc(C4CCC(c5ncco5)CC4)cc3)nc2n1-c1cccc(C(C)(C)O)n1. The minimum atomic E-state index is -1.15. The van der Waals surface area contributed by atoms with E-state index >= 15 is 0 Å². The van der Waals surface area contributed by atoms with Crippen LogP contribution in [0.3, 0.4) is 0 Å². The van der Waals surface area contributed by atoms with Crippen molar-refractivity contribution in [2.75, 3.05) is 16.0 Å². The molecule has 3 aliphatic carbocycles. The Balaban J connectivity index is 0.000000140. The van der Waals surface area contributed by atoms with Crippen LogP contribution in [0, 0.1) is 17.2 Å². The Morgan fingerprint density at radius 1 is 0.442 bits per heavy atom. The fourth-order valence-corrected chi connectivity index (χ4v) is 16.2. The lowest BCUT2D eigenvalue weighted by atomic mass is 9.78. The van der Waals surface area contributed by atoms with Gasteiger partial charge in [-0.15, -0.1) is 19.7 Å². The normalized spacial score (nSPS) is 17.6. The van der Waals surface area contributed by atoms with Gasteiger partial charge in [0, 0.05) is 65.8 Å². The van der Waals surface area contributed by atoms with Gasteiger partial charge in [0.1, 0.15) is 45.0 Å². The average molecular weight is 1610 g/mol. The molecule has 3 aromatic carbocycles. The number of aromatic amines is 1. The van der Waals surface area contributed by atoms with Crippen molar-refractivity contribution in [1.82, 2.24) is 87.9 Å². The third kappa shape index (κ3) is 17.9. The van der Waals surface area contributed by atoms with Gasteiger partial charge < -0.3 is 40.7 Å². The molecule has 0 atom stereocenters. The predicted octanol–water partition coefficient (Wildman–Crippen LogP) is 15.8. The topological polar surface area (TPSA) is 372 Å². The molecule has 0 radical (unpaired) electrons. The highest BCUT2D eigenvalue weighted by molar-refractivity contribution is 5.79. The molecule has 29 nitrogen and oxygen atoms in total. The average Bonchev–Trinajstić information content (AvgIpc) is 1.61. The van der Waals surface area contributed by atoms with E-state index in [0.29, 0.717) is 115 Å². The number of benzene rings is 3. The Morgan fingerprint density at radius 2 is 0.775 bits per heavy atom. The molecule has 0 spiro atoms. The number of imidazole rings is 1. The van der Waals surface area contributed by atoms with Gasteiger partial charge in [0.05, 0.1) is 49.0 Å². The molecule has 17 rings (SSSR count). The molecular weight excluding hydrogens is 1510 g/mol. The van der Waals surface area contributed by atoms with Crippen LogP contribution in [-0.4, -0.2) is 103 Å². The Hall–Kier alpha value is -13.4. The Morgan fingerprint density at radius 3 is 1.07 bits per heavy atom. The maximum absolute atomic E-state index is 13.3. The zero-order chi connectivity index (χ0) is 84.0. The van der Waals surface area contributed by atoms with Crippen molar-refractivity contribution in [2.24, 2.45) is 5.92 Å². The molecule has 14 aromatic rings. The molecule has 11 heterocycles. The van der Waals surface area contributed by atoms with Crippen molar-refractivity contribution >= 4 is 68.0 Å². The number of pyridine rings is 3. The summed E-state index contributed by atoms with van der Waals surface area (Å²) in [6.45, 7) is 22.2. The van der Waals surface area contributed by atoms with E-state index in [-0.39, 0.29) is 42.2 Å². The highest BCUT2D eigenvalue weighted by Gasteiger charge is 2.31. The first-order valence-corrected chi connectivity index (χ1v) is 40.7. The van der Waals surface area contributed by atoms with E-state index in [9.17, 15) is 29.7 Å². The van der Waals surface area contributed by atoms with Crippen LogP contribution in [-0.2, 0) is 36.4 Å².